The Kier molecular flexibility index (Phi) is 3.88. The normalized spacial score (nSPS) is 22.4. The molecule has 3 rings (SSSR count). The Hall–Kier alpha value is -1.95. The van der Waals surface area contributed by atoms with Gasteiger partial charge in [-0.2, -0.15) is 0 Å². The highest BCUT2D eigenvalue weighted by molar-refractivity contribution is 6.04. The van der Waals surface area contributed by atoms with E-state index in [-0.39, 0.29) is 23.5 Å². The Balaban J connectivity index is 1.70. The van der Waals surface area contributed by atoms with Crippen molar-refractivity contribution < 1.29 is 14.3 Å². The van der Waals surface area contributed by atoms with Gasteiger partial charge in [0, 0.05) is 6.54 Å². The van der Waals surface area contributed by atoms with Crippen LogP contribution in [0.25, 0.3) is 11.0 Å². The van der Waals surface area contributed by atoms with Gasteiger partial charge in [0.2, 0.25) is 0 Å². The Bertz CT molecular complexity index is 655. The van der Waals surface area contributed by atoms with Gasteiger partial charge in [-0.05, 0) is 37.3 Å². The van der Waals surface area contributed by atoms with Crippen LogP contribution in [0.15, 0.2) is 18.5 Å². The van der Waals surface area contributed by atoms with Crippen molar-refractivity contribution >= 4 is 16.9 Å². The molecule has 1 fully saturated rings. The van der Waals surface area contributed by atoms with E-state index in [1.165, 1.54) is 18.5 Å². The fraction of sp³-hybridized carbons (Fsp3) is 0.467. The Morgan fingerprint density at radius 3 is 3.14 bits per heavy atom. The fourth-order valence-electron chi connectivity index (χ4n) is 2.97. The molecular weight excluding hydrogens is 273 g/mol. The number of fused-ring (bicyclic) bond motifs is 1. The molecule has 2 unspecified atom stereocenters. The fourth-order valence-corrected chi connectivity index (χ4v) is 2.97. The molecule has 0 bridgehead atoms. The third-order valence-corrected chi connectivity index (χ3v) is 4.04. The zero-order chi connectivity index (χ0) is 14.8. The second kappa shape index (κ2) is 5.81. The first kappa shape index (κ1) is 14.0. The highest BCUT2D eigenvalue weighted by Crippen LogP contribution is 2.24. The quantitative estimate of drug-likeness (QED) is 0.809. The van der Waals surface area contributed by atoms with Gasteiger partial charge in [0.1, 0.15) is 11.3 Å². The van der Waals surface area contributed by atoms with E-state index >= 15 is 0 Å². The van der Waals surface area contributed by atoms with Crippen molar-refractivity contribution in [2.45, 2.75) is 31.8 Å². The summed E-state index contributed by atoms with van der Waals surface area (Å²) in [6.45, 7) is 0.498. The van der Waals surface area contributed by atoms with E-state index in [1.54, 1.807) is 0 Å². The van der Waals surface area contributed by atoms with Gasteiger partial charge in [-0.1, -0.05) is 6.42 Å². The average molecular weight is 291 g/mol. The molecule has 2 aromatic rings. The number of aliphatic hydroxyl groups is 1. The number of H-pyrrole nitrogens is 1. The predicted octanol–water partition coefficient (Wildman–Crippen LogP) is 1.98. The zero-order valence-corrected chi connectivity index (χ0v) is 11.6. The SMILES string of the molecule is O=C(NCC1CCCC(O)C1)c1cc(F)cc2[nH]cnc12. The van der Waals surface area contributed by atoms with Gasteiger partial charge in [0.05, 0.1) is 23.5 Å². The number of aliphatic hydroxyl groups excluding tert-OH is 1. The lowest BCUT2D eigenvalue weighted by Crippen LogP contribution is -2.33. The van der Waals surface area contributed by atoms with Gasteiger partial charge in [0.15, 0.2) is 0 Å². The maximum atomic E-state index is 13.5. The molecule has 1 aromatic carbocycles. The van der Waals surface area contributed by atoms with Crippen LogP contribution in [0.4, 0.5) is 4.39 Å². The number of amides is 1. The number of aromatic nitrogens is 2. The molecule has 1 amide bonds. The summed E-state index contributed by atoms with van der Waals surface area (Å²) in [5, 5.41) is 12.5. The van der Waals surface area contributed by atoms with Crippen LogP contribution in [0.1, 0.15) is 36.0 Å². The smallest absolute Gasteiger partial charge is 0.253 e. The number of imidazole rings is 1. The lowest BCUT2D eigenvalue weighted by atomic mass is 9.87. The minimum atomic E-state index is -0.468. The van der Waals surface area contributed by atoms with Crippen LogP contribution in [0.3, 0.4) is 0 Å². The monoisotopic (exact) mass is 291 g/mol. The van der Waals surface area contributed by atoms with E-state index in [0.29, 0.717) is 24.0 Å². The molecule has 0 saturated heterocycles. The molecule has 0 radical (unpaired) electrons. The summed E-state index contributed by atoms with van der Waals surface area (Å²) in [5.74, 6) is -0.516. The van der Waals surface area contributed by atoms with Crippen LogP contribution < -0.4 is 5.32 Å². The predicted molar refractivity (Wildman–Crippen MR) is 76.3 cm³/mol. The Morgan fingerprint density at radius 2 is 2.33 bits per heavy atom. The van der Waals surface area contributed by atoms with E-state index < -0.39 is 5.82 Å². The van der Waals surface area contributed by atoms with Crippen molar-refractivity contribution in [3.05, 3.63) is 29.8 Å². The van der Waals surface area contributed by atoms with Crippen LogP contribution in [0.2, 0.25) is 0 Å². The number of halogens is 1. The van der Waals surface area contributed by atoms with Gasteiger partial charge in [-0.3, -0.25) is 4.79 Å². The van der Waals surface area contributed by atoms with Crippen molar-refractivity contribution in [2.75, 3.05) is 6.54 Å². The van der Waals surface area contributed by atoms with Crippen molar-refractivity contribution in [2.24, 2.45) is 5.92 Å². The third kappa shape index (κ3) is 3.05. The van der Waals surface area contributed by atoms with Crippen molar-refractivity contribution in [3.8, 4) is 0 Å². The van der Waals surface area contributed by atoms with E-state index in [9.17, 15) is 14.3 Å². The van der Waals surface area contributed by atoms with Crippen molar-refractivity contribution in [3.63, 3.8) is 0 Å². The van der Waals surface area contributed by atoms with Crippen LogP contribution in [-0.4, -0.2) is 33.6 Å². The Labute approximate surface area is 121 Å². The number of benzene rings is 1. The number of carbonyl (C=O) groups excluding carboxylic acids is 1. The highest BCUT2D eigenvalue weighted by Gasteiger charge is 2.21. The first-order valence-corrected chi connectivity index (χ1v) is 7.22. The summed E-state index contributed by atoms with van der Waals surface area (Å²) in [6, 6.07) is 2.52. The summed E-state index contributed by atoms with van der Waals surface area (Å²) in [4.78, 5) is 19.1. The molecule has 5 nitrogen and oxygen atoms in total. The minimum Gasteiger partial charge on any atom is -0.393 e. The summed E-state index contributed by atoms with van der Waals surface area (Å²) in [6.07, 6.45) is 4.69. The van der Waals surface area contributed by atoms with Crippen LogP contribution in [0.5, 0.6) is 0 Å². The molecule has 3 N–H and O–H groups in total. The van der Waals surface area contributed by atoms with Crippen LogP contribution in [0, 0.1) is 11.7 Å². The van der Waals surface area contributed by atoms with E-state index in [0.717, 1.165) is 19.3 Å². The molecule has 1 saturated carbocycles. The van der Waals surface area contributed by atoms with Crippen LogP contribution in [-0.2, 0) is 0 Å². The first-order chi connectivity index (χ1) is 10.1. The Morgan fingerprint density at radius 1 is 1.48 bits per heavy atom. The van der Waals surface area contributed by atoms with E-state index in [1.807, 2.05) is 0 Å². The molecule has 0 spiro atoms. The van der Waals surface area contributed by atoms with Crippen molar-refractivity contribution in [1.29, 1.82) is 0 Å². The summed E-state index contributed by atoms with van der Waals surface area (Å²) in [7, 11) is 0. The number of carbonyl (C=O) groups is 1. The number of hydrogen-bond acceptors (Lipinski definition) is 3. The summed E-state index contributed by atoms with van der Waals surface area (Å²) < 4.78 is 13.5. The van der Waals surface area contributed by atoms with Gasteiger partial charge < -0.3 is 15.4 Å². The second-order valence-electron chi connectivity index (χ2n) is 5.65. The molecular formula is C15H18FN3O2. The number of aromatic amines is 1. The maximum absolute atomic E-state index is 13.5. The number of hydrogen-bond donors (Lipinski definition) is 3. The summed E-state index contributed by atoms with van der Waals surface area (Å²) in [5.41, 5.74) is 1.22. The molecule has 21 heavy (non-hydrogen) atoms. The maximum Gasteiger partial charge on any atom is 0.253 e. The van der Waals surface area contributed by atoms with Gasteiger partial charge in [-0.15, -0.1) is 0 Å². The number of nitrogens with zero attached hydrogens (tertiary/aromatic N) is 1. The molecule has 1 aliphatic carbocycles. The largest absolute Gasteiger partial charge is 0.393 e. The third-order valence-electron chi connectivity index (χ3n) is 4.04. The molecule has 1 aliphatic rings. The molecule has 2 atom stereocenters. The molecule has 112 valence electrons. The highest BCUT2D eigenvalue weighted by atomic mass is 19.1. The molecule has 1 aromatic heterocycles. The minimum absolute atomic E-state index is 0.239. The number of nitrogens with one attached hydrogen (secondary N) is 2. The van der Waals surface area contributed by atoms with Gasteiger partial charge in [-0.25, -0.2) is 9.37 Å². The average Bonchev–Trinajstić information content (AvgIpc) is 2.92. The topological polar surface area (TPSA) is 78.0 Å². The van der Waals surface area contributed by atoms with E-state index in [2.05, 4.69) is 15.3 Å². The second-order valence-corrected chi connectivity index (χ2v) is 5.65. The lowest BCUT2D eigenvalue weighted by Gasteiger charge is -2.25. The van der Waals surface area contributed by atoms with E-state index in [4.69, 9.17) is 0 Å². The molecule has 6 heteroatoms. The van der Waals surface area contributed by atoms with Crippen molar-refractivity contribution in [1.82, 2.24) is 15.3 Å². The van der Waals surface area contributed by atoms with Gasteiger partial charge in [0.25, 0.3) is 5.91 Å². The summed E-state index contributed by atoms with van der Waals surface area (Å²) >= 11 is 0. The van der Waals surface area contributed by atoms with Gasteiger partial charge >= 0.3 is 0 Å². The number of rotatable bonds is 3. The standard InChI is InChI=1S/C15H18FN3O2/c16-10-5-12(14-13(6-10)18-8-19-14)15(21)17-7-9-2-1-3-11(20)4-9/h5-6,8-9,11,20H,1-4,7H2,(H,17,21)(H,18,19). The molecule has 1 heterocycles. The zero-order valence-electron chi connectivity index (χ0n) is 11.6. The first-order valence-electron chi connectivity index (χ1n) is 7.22. The molecule has 0 aliphatic heterocycles. The lowest BCUT2D eigenvalue weighted by molar-refractivity contribution is 0.0874. The van der Waals surface area contributed by atoms with Crippen LogP contribution >= 0.6 is 0 Å².